The molecule has 3 amide bonds. The van der Waals surface area contributed by atoms with E-state index in [4.69, 9.17) is 21.1 Å². The number of halogens is 4. The average molecular weight is 749 g/mol. The van der Waals surface area contributed by atoms with Crippen LogP contribution in [0, 0.1) is 23.7 Å². The zero-order valence-electron chi connectivity index (χ0n) is 28.7. The Kier molecular flexibility index (Phi) is 9.85. The highest BCUT2D eigenvalue weighted by Gasteiger charge is 2.56. The fourth-order valence-corrected chi connectivity index (χ4v) is 10.5. The highest BCUT2D eigenvalue weighted by molar-refractivity contribution is 7.92. The number of carbonyl (C=O) groups excluding carboxylic acids is 2. The molecule has 51 heavy (non-hydrogen) atoms. The van der Waals surface area contributed by atoms with Crippen molar-refractivity contribution in [3.8, 4) is 5.75 Å². The molecule has 0 radical (unpaired) electrons. The van der Waals surface area contributed by atoms with Gasteiger partial charge in [0.1, 0.15) is 15.7 Å². The number of allylic oxidation sites excluding steroid dienone is 1. The van der Waals surface area contributed by atoms with Gasteiger partial charge in [-0.15, -0.1) is 4.36 Å². The van der Waals surface area contributed by atoms with Gasteiger partial charge in [-0.05, 0) is 104 Å². The topological polar surface area (TPSA) is 109 Å². The minimum atomic E-state index is -4.45. The van der Waals surface area contributed by atoms with E-state index in [1.54, 1.807) is 25.3 Å². The molecule has 0 aromatic heterocycles. The van der Waals surface area contributed by atoms with Crippen LogP contribution >= 0.6 is 11.6 Å². The van der Waals surface area contributed by atoms with E-state index in [2.05, 4.69) is 25.4 Å². The third kappa shape index (κ3) is 7.62. The molecule has 2 aromatic rings. The number of ether oxygens (including phenoxy) is 2. The number of urea groups is 1. The van der Waals surface area contributed by atoms with Gasteiger partial charge < -0.3 is 19.7 Å². The van der Waals surface area contributed by atoms with Gasteiger partial charge in [0.15, 0.2) is 0 Å². The summed E-state index contributed by atoms with van der Waals surface area (Å²) in [6.45, 7) is 3.63. The molecule has 0 unspecified atom stereocenters. The average Bonchev–Trinajstić information content (AvgIpc) is 3.85. The van der Waals surface area contributed by atoms with E-state index in [1.165, 1.54) is 11.1 Å². The minimum Gasteiger partial charge on any atom is -0.490 e. The monoisotopic (exact) mass is 748 g/mol. The molecule has 5 aliphatic rings. The standard InChI is InChI=1S/C37H44ClF3N4O5S/c1-22-5-3-7-32(49-2)27-11-8-25(27)18-45-20-36(14-4-6-23-15-26(38)10-12-28(23)36)21-50-33-13-9-24(16-31(33)45)34(46)43-51(48,19-22)44-35(47)42-30-17-29(30)37(39,40)41/h3,7,9-10,12-13,15-16,22,25,27,29-30,32H,4-6,8,11,14,17-21H2,1-2H3,(H2,42,43,44,46,47,48)/b7-3+/t22-,25-,27+,29-,30-,32-,36-,51-/m0/s1. The Labute approximate surface area is 302 Å². The van der Waals surface area contributed by atoms with Gasteiger partial charge in [0.05, 0.1) is 30.1 Å². The lowest BCUT2D eigenvalue weighted by Crippen LogP contribution is -2.49. The second kappa shape index (κ2) is 13.9. The Hall–Kier alpha value is -3.29. The second-order valence-corrected chi connectivity index (χ2v) is 17.5. The van der Waals surface area contributed by atoms with Gasteiger partial charge in [-0.25, -0.2) is 9.00 Å². The summed E-state index contributed by atoms with van der Waals surface area (Å²) in [5.74, 6) is -1.71. The zero-order chi connectivity index (χ0) is 36.1. The van der Waals surface area contributed by atoms with Crippen LogP contribution in [-0.4, -0.2) is 67.0 Å². The normalized spacial score (nSPS) is 34.1. The van der Waals surface area contributed by atoms with E-state index < -0.39 is 40.0 Å². The molecule has 2 N–H and O–H groups in total. The number of carbonyl (C=O) groups is 2. The van der Waals surface area contributed by atoms with E-state index >= 15 is 0 Å². The van der Waals surface area contributed by atoms with Crippen molar-refractivity contribution in [3.05, 3.63) is 70.3 Å². The molecule has 2 saturated carbocycles. The first-order valence-electron chi connectivity index (χ1n) is 17.7. The number of rotatable bonds is 3. The van der Waals surface area contributed by atoms with Crippen LogP contribution in [0.3, 0.4) is 0 Å². The summed E-state index contributed by atoms with van der Waals surface area (Å²) in [6.07, 6.45) is 4.52. The smallest absolute Gasteiger partial charge is 0.393 e. The third-order valence-corrected chi connectivity index (χ3v) is 13.5. The Morgan fingerprint density at radius 2 is 2.02 bits per heavy atom. The molecular formula is C37H44ClF3N4O5S. The van der Waals surface area contributed by atoms with Crippen molar-refractivity contribution in [2.75, 3.05) is 37.5 Å². The van der Waals surface area contributed by atoms with Crippen molar-refractivity contribution in [1.82, 2.24) is 10.0 Å². The van der Waals surface area contributed by atoms with Gasteiger partial charge in [0.2, 0.25) is 0 Å². The molecule has 2 bridgehead atoms. The minimum absolute atomic E-state index is 0.135. The molecule has 2 fully saturated rings. The van der Waals surface area contributed by atoms with Crippen LogP contribution in [0.4, 0.5) is 23.7 Å². The predicted molar refractivity (Wildman–Crippen MR) is 190 cm³/mol. The maximum absolute atomic E-state index is 14.3. The highest BCUT2D eigenvalue weighted by Crippen LogP contribution is 2.47. The first-order chi connectivity index (χ1) is 24.3. The van der Waals surface area contributed by atoms with E-state index in [0.29, 0.717) is 42.8 Å². The fraction of sp³-hybridized carbons (Fsp3) is 0.568. The molecule has 2 aromatic carbocycles. The Morgan fingerprint density at radius 3 is 2.75 bits per heavy atom. The predicted octanol–water partition coefficient (Wildman–Crippen LogP) is 7.22. The van der Waals surface area contributed by atoms with Gasteiger partial charge in [-0.2, -0.15) is 13.2 Å². The summed E-state index contributed by atoms with van der Waals surface area (Å²) < 4.78 is 72.6. The molecule has 0 saturated heterocycles. The maximum atomic E-state index is 14.3. The van der Waals surface area contributed by atoms with Gasteiger partial charge >= 0.3 is 12.2 Å². The van der Waals surface area contributed by atoms with Crippen LogP contribution in [0.1, 0.15) is 66.9 Å². The highest BCUT2D eigenvalue weighted by atomic mass is 35.5. The first-order valence-corrected chi connectivity index (χ1v) is 19.8. The SMILES string of the molecule is CO[C@H]1/C=C/C[C@H](C)C[S@@](=O)(NC(=O)N[C@H]2C[C@@H]2C(F)(F)F)=NC(=O)c2ccc3c(c2)N(C[C@@H]2CC[C@H]21)C[C@@]1(CCCc2cc(Cl)ccc21)CO3. The van der Waals surface area contributed by atoms with Gasteiger partial charge in [0, 0.05) is 42.2 Å². The quantitative estimate of drug-likeness (QED) is 0.321. The van der Waals surface area contributed by atoms with Crippen LogP contribution in [0.5, 0.6) is 5.75 Å². The first kappa shape index (κ1) is 36.1. The molecule has 14 heteroatoms. The maximum Gasteiger partial charge on any atom is 0.393 e. The lowest BCUT2D eigenvalue weighted by Gasteiger charge is -2.46. The number of benzene rings is 2. The Morgan fingerprint density at radius 1 is 1.20 bits per heavy atom. The second-order valence-electron chi connectivity index (χ2n) is 15.0. The van der Waals surface area contributed by atoms with Crippen LogP contribution in [-0.2, 0) is 26.5 Å². The van der Waals surface area contributed by atoms with Gasteiger partial charge in [-0.1, -0.05) is 36.7 Å². The molecule has 2 heterocycles. The van der Waals surface area contributed by atoms with Crippen molar-refractivity contribution in [2.24, 2.45) is 28.0 Å². The lowest BCUT2D eigenvalue weighted by molar-refractivity contribution is -0.148. The molecule has 1 spiro atoms. The lowest BCUT2D eigenvalue weighted by atomic mass is 9.68. The molecule has 9 nitrogen and oxygen atoms in total. The van der Waals surface area contributed by atoms with E-state index in [9.17, 15) is 27.0 Å². The number of aryl methyl sites for hydroxylation is 1. The molecule has 3 aliphatic carbocycles. The number of amides is 3. The zero-order valence-corrected chi connectivity index (χ0v) is 30.3. The number of nitrogens with one attached hydrogen (secondary N) is 2. The number of anilines is 1. The number of hydrogen-bond acceptors (Lipinski definition) is 6. The fourth-order valence-electron chi connectivity index (χ4n) is 8.43. The molecular weight excluding hydrogens is 705 g/mol. The number of fused-ring (bicyclic) bond motifs is 4. The van der Waals surface area contributed by atoms with Crippen LogP contribution in [0.15, 0.2) is 52.9 Å². The van der Waals surface area contributed by atoms with Gasteiger partial charge in [0.25, 0.3) is 5.91 Å². The van der Waals surface area contributed by atoms with E-state index in [0.717, 1.165) is 37.8 Å². The summed E-state index contributed by atoms with van der Waals surface area (Å²) in [7, 11) is -2.05. The third-order valence-electron chi connectivity index (χ3n) is 11.3. The summed E-state index contributed by atoms with van der Waals surface area (Å²) in [4.78, 5) is 29.0. The van der Waals surface area contributed by atoms with Crippen LogP contribution < -0.4 is 19.7 Å². The Balaban J connectivity index is 1.25. The van der Waals surface area contributed by atoms with E-state index in [-0.39, 0.29) is 41.1 Å². The van der Waals surface area contributed by atoms with Crippen molar-refractivity contribution in [3.63, 3.8) is 0 Å². The molecule has 8 atom stereocenters. The van der Waals surface area contributed by atoms with Crippen LogP contribution in [0.25, 0.3) is 0 Å². The number of methoxy groups -OCH3 is 1. The van der Waals surface area contributed by atoms with Crippen molar-refractivity contribution >= 4 is 39.1 Å². The van der Waals surface area contributed by atoms with Crippen molar-refractivity contribution < 1.29 is 36.4 Å². The van der Waals surface area contributed by atoms with Crippen LogP contribution in [0.2, 0.25) is 5.02 Å². The molecule has 2 aliphatic heterocycles. The van der Waals surface area contributed by atoms with Gasteiger partial charge in [-0.3, -0.25) is 9.52 Å². The summed E-state index contributed by atoms with van der Waals surface area (Å²) >= 11 is 6.42. The summed E-state index contributed by atoms with van der Waals surface area (Å²) in [5, 5.41) is 2.96. The Bertz CT molecular complexity index is 1850. The van der Waals surface area contributed by atoms with Crippen molar-refractivity contribution in [2.45, 2.75) is 75.6 Å². The van der Waals surface area contributed by atoms with E-state index in [1.807, 2.05) is 31.2 Å². The largest absolute Gasteiger partial charge is 0.490 e. The summed E-state index contributed by atoms with van der Waals surface area (Å²) in [6, 6.07) is 8.97. The molecule has 276 valence electrons. The number of nitrogens with zero attached hydrogens (tertiary/aromatic N) is 2. The number of hydrogen-bond donors (Lipinski definition) is 2. The summed E-state index contributed by atoms with van der Waals surface area (Å²) in [5.41, 5.74) is 3.02. The molecule has 7 rings (SSSR count). The van der Waals surface area contributed by atoms with Crippen molar-refractivity contribution in [1.29, 1.82) is 0 Å². The number of alkyl halides is 3.